The molecule has 0 bridgehead atoms. The predicted molar refractivity (Wildman–Crippen MR) is 45.5 cm³/mol. The number of hydrogen-bond acceptors (Lipinski definition) is 1. The Morgan fingerprint density at radius 2 is 1.92 bits per heavy atom. The van der Waals surface area contributed by atoms with E-state index >= 15 is 0 Å². The molecule has 1 aromatic carbocycles. The average Bonchev–Trinajstić information content (AvgIpc) is 2.09. The van der Waals surface area contributed by atoms with Crippen molar-refractivity contribution in [2.45, 2.75) is 13.3 Å². The Labute approximate surface area is 71.0 Å². The molecule has 1 rings (SSSR count). The quantitative estimate of drug-likeness (QED) is 0.715. The Morgan fingerprint density at radius 3 is 2.42 bits per heavy atom. The van der Waals surface area contributed by atoms with Crippen molar-refractivity contribution in [2.75, 3.05) is 5.32 Å². The summed E-state index contributed by atoms with van der Waals surface area (Å²) in [4.78, 5) is 10.9. The van der Waals surface area contributed by atoms with E-state index in [1.165, 1.54) is 12.1 Å². The predicted octanol–water partition coefficient (Wildman–Crippen LogP) is 2.18. The van der Waals surface area contributed by atoms with E-state index in [1.807, 2.05) is 0 Å². The zero-order valence-electron chi connectivity index (χ0n) is 6.83. The molecule has 0 aliphatic carbocycles. The zero-order chi connectivity index (χ0) is 8.97. The van der Waals surface area contributed by atoms with Crippen LogP contribution in [0.3, 0.4) is 0 Å². The molecule has 0 saturated carbocycles. The van der Waals surface area contributed by atoms with Crippen molar-refractivity contribution in [1.82, 2.24) is 0 Å². The van der Waals surface area contributed by atoms with Crippen molar-refractivity contribution in [3.63, 3.8) is 0 Å². The normalized spacial score (nSPS) is 9.42. The summed E-state index contributed by atoms with van der Waals surface area (Å²) >= 11 is 0. The van der Waals surface area contributed by atoms with E-state index in [4.69, 9.17) is 0 Å². The molecule has 0 saturated heterocycles. The minimum atomic E-state index is -0.0514. The summed E-state index contributed by atoms with van der Waals surface area (Å²) < 4.78 is 0. The van der Waals surface area contributed by atoms with Gasteiger partial charge in [0.05, 0.1) is 0 Å². The standard InChI is InChI=1S/C9H10NO2/c1-2-9(12)10-7-3-5-8(11)6-4-7/h3-6H,2H2,1H3,(H,10,12). The van der Waals surface area contributed by atoms with E-state index in [0.717, 1.165) is 0 Å². The third kappa shape index (κ3) is 2.27. The molecule has 0 fully saturated rings. The Morgan fingerprint density at radius 1 is 1.33 bits per heavy atom. The zero-order valence-corrected chi connectivity index (χ0v) is 6.83. The lowest BCUT2D eigenvalue weighted by Crippen LogP contribution is -2.08. The first-order valence-corrected chi connectivity index (χ1v) is 3.79. The summed E-state index contributed by atoms with van der Waals surface area (Å²) in [5.74, 6) is -0.0989. The largest absolute Gasteiger partial charge is 0.326 e. The summed E-state index contributed by atoms with van der Waals surface area (Å²) in [5.41, 5.74) is 0.668. The van der Waals surface area contributed by atoms with Gasteiger partial charge in [-0.25, -0.2) is 0 Å². The van der Waals surface area contributed by atoms with E-state index < -0.39 is 0 Å². The van der Waals surface area contributed by atoms with Gasteiger partial charge in [0, 0.05) is 12.1 Å². The number of amides is 1. The van der Waals surface area contributed by atoms with E-state index in [9.17, 15) is 9.90 Å². The average molecular weight is 164 g/mol. The van der Waals surface area contributed by atoms with E-state index in [0.29, 0.717) is 12.1 Å². The molecule has 0 aliphatic heterocycles. The van der Waals surface area contributed by atoms with Crippen molar-refractivity contribution in [1.29, 1.82) is 0 Å². The summed E-state index contributed by atoms with van der Waals surface area (Å²) in [6, 6.07) is 6.03. The molecule has 0 spiro atoms. The Hall–Kier alpha value is -1.51. The molecule has 1 N–H and O–H groups in total. The maximum absolute atomic E-state index is 10.9. The number of carbonyl (C=O) groups excluding carboxylic acids is 1. The SMILES string of the molecule is CCC(=O)Nc1ccc([O])cc1. The number of hydrogen-bond donors (Lipinski definition) is 1. The molecular formula is C9H10NO2. The van der Waals surface area contributed by atoms with Gasteiger partial charge in [-0.1, -0.05) is 6.92 Å². The highest BCUT2D eigenvalue weighted by atomic mass is 16.3. The highest BCUT2D eigenvalue weighted by molar-refractivity contribution is 5.90. The molecule has 0 aliphatic rings. The molecule has 1 aromatic rings. The first kappa shape index (κ1) is 8.59. The molecule has 63 valence electrons. The molecule has 0 unspecified atom stereocenters. The van der Waals surface area contributed by atoms with Gasteiger partial charge in [0.15, 0.2) is 5.75 Å². The lowest BCUT2D eigenvalue weighted by molar-refractivity contribution is -0.115. The molecule has 1 radical (unpaired) electrons. The second-order valence-electron chi connectivity index (χ2n) is 2.43. The van der Waals surface area contributed by atoms with Crippen LogP contribution in [0.25, 0.3) is 0 Å². The fraction of sp³-hybridized carbons (Fsp3) is 0.222. The van der Waals surface area contributed by atoms with Gasteiger partial charge in [-0.05, 0) is 24.3 Å². The number of rotatable bonds is 2. The maximum Gasteiger partial charge on any atom is 0.224 e. The summed E-state index contributed by atoms with van der Waals surface area (Å²) in [5, 5.41) is 13.3. The van der Waals surface area contributed by atoms with Crippen LogP contribution >= 0.6 is 0 Å². The Kier molecular flexibility index (Phi) is 2.69. The third-order valence-electron chi connectivity index (χ3n) is 1.46. The fourth-order valence-corrected chi connectivity index (χ4v) is 0.788. The Balaban J connectivity index is 2.64. The van der Waals surface area contributed by atoms with E-state index in [1.54, 1.807) is 19.1 Å². The molecule has 3 nitrogen and oxygen atoms in total. The smallest absolute Gasteiger partial charge is 0.224 e. The highest BCUT2D eigenvalue weighted by Gasteiger charge is 1.97. The second-order valence-corrected chi connectivity index (χ2v) is 2.43. The maximum atomic E-state index is 10.9. The van der Waals surface area contributed by atoms with Crippen LogP contribution < -0.4 is 5.32 Å². The minimum absolute atomic E-state index is 0.0475. The molecular weight excluding hydrogens is 154 g/mol. The Bertz CT molecular complexity index is 266. The number of carbonyl (C=O) groups is 1. The molecule has 0 aromatic heterocycles. The molecule has 12 heavy (non-hydrogen) atoms. The topological polar surface area (TPSA) is 49.0 Å². The number of benzene rings is 1. The molecule has 3 heteroatoms. The van der Waals surface area contributed by atoms with Crippen LogP contribution in [0.2, 0.25) is 0 Å². The minimum Gasteiger partial charge on any atom is -0.326 e. The third-order valence-corrected chi connectivity index (χ3v) is 1.46. The van der Waals surface area contributed by atoms with Gasteiger partial charge < -0.3 is 5.32 Å². The summed E-state index contributed by atoms with van der Waals surface area (Å²) in [6.07, 6.45) is 0.444. The molecule has 0 heterocycles. The van der Waals surface area contributed by atoms with Gasteiger partial charge in [-0.3, -0.25) is 9.90 Å². The molecule has 1 amide bonds. The molecule has 0 atom stereocenters. The first-order chi connectivity index (χ1) is 5.72. The van der Waals surface area contributed by atoms with Crippen LogP contribution in [0.4, 0.5) is 5.69 Å². The number of anilines is 1. The van der Waals surface area contributed by atoms with Gasteiger partial charge in [0.25, 0.3) is 0 Å². The van der Waals surface area contributed by atoms with E-state index in [2.05, 4.69) is 5.32 Å². The van der Waals surface area contributed by atoms with Crippen LogP contribution in [0.5, 0.6) is 5.75 Å². The van der Waals surface area contributed by atoms with Crippen molar-refractivity contribution in [3.8, 4) is 5.75 Å². The van der Waals surface area contributed by atoms with Gasteiger partial charge in [0.2, 0.25) is 5.91 Å². The lowest BCUT2D eigenvalue weighted by Gasteiger charge is -2.01. The van der Waals surface area contributed by atoms with E-state index in [-0.39, 0.29) is 11.7 Å². The van der Waals surface area contributed by atoms with Crippen molar-refractivity contribution in [2.24, 2.45) is 0 Å². The van der Waals surface area contributed by atoms with Crippen LogP contribution in [0.15, 0.2) is 24.3 Å². The monoisotopic (exact) mass is 164 g/mol. The van der Waals surface area contributed by atoms with Crippen LogP contribution in [-0.2, 0) is 9.90 Å². The van der Waals surface area contributed by atoms with Gasteiger partial charge in [-0.15, -0.1) is 0 Å². The summed E-state index contributed by atoms with van der Waals surface area (Å²) in [6.45, 7) is 1.78. The van der Waals surface area contributed by atoms with Gasteiger partial charge in [0.1, 0.15) is 0 Å². The van der Waals surface area contributed by atoms with Crippen LogP contribution in [-0.4, -0.2) is 5.91 Å². The van der Waals surface area contributed by atoms with Crippen molar-refractivity contribution < 1.29 is 9.90 Å². The summed E-state index contributed by atoms with van der Waals surface area (Å²) in [7, 11) is 0. The van der Waals surface area contributed by atoms with Crippen molar-refractivity contribution >= 4 is 11.6 Å². The van der Waals surface area contributed by atoms with Gasteiger partial charge in [-0.2, -0.15) is 0 Å². The fourth-order valence-electron chi connectivity index (χ4n) is 0.788. The van der Waals surface area contributed by atoms with Gasteiger partial charge >= 0.3 is 0 Å². The van der Waals surface area contributed by atoms with Crippen LogP contribution in [0.1, 0.15) is 13.3 Å². The highest BCUT2D eigenvalue weighted by Crippen LogP contribution is 2.14. The number of nitrogens with one attached hydrogen (secondary N) is 1. The lowest BCUT2D eigenvalue weighted by atomic mass is 10.3. The first-order valence-electron chi connectivity index (χ1n) is 3.79. The van der Waals surface area contributed by atoms with Crippen molar-refractivity contribution in [3.05, 3.63) is 24.3 Å². The second kappa shape index (κ2) is 3.76. The van der Waals surface area contributed by atoms with Crippen LogP contribution in [0, 0.1) is 0 Å².